The predicted octanol–water partition coefficient (Wildman–Crippen LogP) is 4.11. The maximum absolute atomic E-state index is 12.3. The second kappa shape index (κ2) is 8.53. The Labute approximate surface area is 152 Å². The van der Waals surface area contributed by atoms with Crippen LogP contribution in [0.3, 0.4) is 0 Å². The Kier molecular flexibility index (Phi) is 6.42. The van der Waals surface area contributed by atoms with Crippen molar-refractivity contribution in [3.05, 3.63) is 64.2 Å². The van der Waals surface area contributed by atoms with Gasteiger partial charge in [-0.05, 0) is 56.2 Å². The van der Waals surface area contributed by atoms with Gasteiger partial charge in [0.15, 0.2) is 0 Å². The molecule has 0 saturated heterocycles. The van der Waals surface area contributed by atoms with Crippen LogP contribution >= 0.6 is 11.6 Å². The van der Waals surface area contributed by atoms with Crippen LogP contribution in [0.15, 0.2) is 42.5 Å². The molecule has 2 aromatic rings. The third-order valence-electron chi connectivity index (χ3n) is 3.54. The van der Waals surface area contributed by atoms with Crippen molar-refractivity contribution in [3.63, 3.8) is 0 Å². The molecule has 3 N–H and O–H groups in total. The summed E-state index contributed by atoms with van der Waals surface area (Å²) >= 11 is 5.97. The normalized spacial score (nSPS) is 10.4. The molecule has 0 atom stereocenters. The average Bonchev–Trinajstić information content (AvgIpc) is 2.56. The fourth-order valence-electron chi connectivity index (χ4n) is 2.19. The van der Waals surface area contributed by atoms with Gasteiger partial charge >= 0.3 is 6.03 Å². The SMILES string of the molecule is Cc1ccc(Cl)cc1NC(=O)c1ccc(CNC(=O)NC(C)C)cc1. The molecule has 0 spiro atoms. The zero-order chi connectivity index (χ0) is 18.4. The number of urea groups is 1. The second-order valence-corrected chi connectivity index (χ2v) is 6.53. The van der Waals surface area contributed by atoms with E-state index < -0.39 is 0 Å². The summed E-state index contributed by atoms with van der Waals surface area (Å²) in [4.78, 5) is 23.9. The van der Waals surface area contributed by atoms with Crippen molar-refractivity contribution < 1.29 is 9.59 Å². The van der Waals surface area contributed by atoms with Crippen LogP contribution in [0, 0.1) is 6.92 Å². The van der Waals surface area contributed by atoms with Gasteiger partial charge in [-0.1, -0.05) is 29.8 Å². The Balaban J connectivity index is 1.96. The van der Waals surface area contributed by atoms with Crippen LogP contribution in [0.25, 0.3) is 0 Å². The van der Waals surface area contributed by atoms with Crippen molar-refractivity contribution in [3.8, 4) is 0 Å². The maximum Gasteiger partial charge on any atom is 0.315 e. The minimum Gasteiger partial charge on any atom is -0.336 e. The molecule has 0 unspecified atom stereocenters. The smallest absolute Gasteiger partial charge is 0.315 e. The summed E-state index contributed by atoms with van der Waals surface area (Å²) in [5.74, 6) is -0.206. The number of hydrogen-bond acceptors (Lipinski definition) is 2. The molecule has 0 heterocycles. The zero-order valence-electron chi connectivity index (χ0n) is 14.5. The minimum absolute atomic E-state index is 0.0843. The van der Waals surface area contributed by atoms with Crippen molar-refractivity contribution in [1.82, 2.24) is 10.6 Å². The van der Waals surface area contributed by atoms with E-state index in [1.165, 1.54) is 0 Å². The van der Waals surface area contributed by atoms with Crippen LogP contribution in [0.4, 0.5) is 10.5 Å². The van der Waals surface area contributed by atoms with E-state index in [0.717, 1.165) is 11.1 Å². The lowest BCUT2D eigenvalue weighted by Crippen LogP contribution is -2.39. The van der Waals surface area contributed by atoms with E-state index in [1.807, 2.05) is 39.0 Å². The minimum atomic E-state index is -0.215. The third kappa shape index (κ3) is 5.80. The van der Waals surface area contributed by atoms with E-state index in [2.05, 4.69) is 16.0 Å². The van der Waals surface area contributed by atoms with Gasteiger partial charge < -0.3 is 16.0 Å². The summed E-state index contributed by atoms with van der Waals surface area (Å²) in [6.45, 7) is 6.10. The van der Waals surface area contributed by atoms with Crippen molar-refractivity contribution in [2.75, 3.05) is 5.32 Å². The molecule has 0 fully saturated rings. The lowest BCUT2D eigenvalue weighted by Gasteiger charge is -2.11. The zero-order valence-corrected chi connectivity index (χ0v) is 15.3. The van der Waals surface area contributed by atoms with E-state index in [9.17, 15) is 9.59 Å². The molecule has 0 radical (unpaired) electrons. The molecule has 0 aliphatic carbocycles. The van der Waals surface area contributed by atoms with Gasteiger partial charge in [0.05, 0.1) is 0 Å². The summed E-state index contributed by atoms with van der Waals surface area (Å²) < 4.78 is 0. The number of anilines is 1. The molecule has 25 heavy (non-hydrogen) atoms. The Bertz CT molecular complexity index is 758. The first-order chi connectivity index (χ1) is 11.8. The molecule has 0 aliphatic rings. The Morgan fingerprint density at radius 3 is 2.40 bits per heavy atom. The van der Waals surface area contributed by atoms with Crippen molar-refractivity contribution in [2.45, 2.75) is 33.4 Å². The fraction of sp³-hybridized carbons (Fsp3) is 0.263. The first kappa shape index (κ1) is 18.8. The molecule has 2 aromatic carbocycles. The number of amides is 3. The molecule has 0 aromatic heterocycles. The number of rotatable bonds is 5. The number of benzene rings is 2. The van der Waals surface area contributed by atoms with Gasteiger partial charge in [-0.2, -0.15) is 0 Å². The van der Waals surface area contributed by atoms with Crippen LogP contribution < -0.4 is 16.0 Å². The second-order valence-electron chi connectivity index (χ2n) is 6.09. The number of carbonyl (C=O) groups excluding carboxylic acids is 2. The first-order valence-corrected chi connectivity index (χ1v) is 8.44. The standard InChI is InChI=1S/C19H22ClN3O2/c1-12(2)22-19(25)21-11-14-5-7-15(8-6-14)18(24)23-17-10-16(20)9-4-13(17)3/h4-10,12H,11H2,1-3H3,(H,23,24)(H2,21,22,25). The van der Waals surface area contributed by atoms with Gasteiger partial charge in [-0.15, -0.1) is 0 Å². The van der Waals surface area contributed by atoms with Gasteiger partial charge in [0.25, 0.3) is 5.91 Å². The summed E-state index contributed by atoms with van der Waals surface area (Å²) in [5, 5.41) is 8.95. The molecule has 132 valence electrons. The van der Waals surface area contributed by atoms with Crippen LogP contribution in [0.2, 0.25) is 5.02 Å². The highest BCUT2D eigenvalue weighted by Crippen LogP contribution is 2.21. The molecule has 3 amide bonds. The quantitative estimate of drug-likeness (QED) is 0.751. The van der Waals surface area contributed by atoms with Crippen molar-refractivity contribution in [2.24, 2.45) is 0 Å². The summed E-state index contributed by atoms with van der Waals surface area (Å²) in [7, 11) is 0. The van der Waals surface area contributed by atoms with Crippen LogP contribution in [0.1, 0.15) is 35.3 Å². The molecule has 6 heteroatoms. The van der Waals surface area contributed by atoms with Crippen LogP contribution in [0.5, 0.6) is 0 Å². The number of halogens is 1. The van der Waals surface area contributed by atoms with Crippen LogP contribution in [-0.2, 0) is 6.54 Å². The number of aryl methyl sites for hydroxylation is 1. The van der Waals surface area contributed by atoms with Gasteiger partial charge in [0.1, 0.15) is 0 Å². The van der Waals surface area contributed by atoms with Crippen molar-refractivity contribution >= 4 is 29.2 Å². The maximum atomic E-state index is 12.3. The lowest BCUT2D eigenvalue weighted by atomic mass is 10.1. The van der Waals surface area contributed by atoms with E-state index in [-0.39, 0.29) is 18.0 Å². The van der Waals surface area contributed by atoms with Gasteiger partial charge in [-0.3, -0.25) is 4.79 Å². The number of hydrogen-bond donors (Lipinski definition) is 3. The monoisotopic (exact) mass is 359 g/mol. The Morgan fingerprint density at radius 1 is 1.08 bits per heavy atom. The van der Waals surface area contributed by atoms with Gasteiger partial charge in [0, 0.05) is 28.9 Å². The largest absolute Gasteiger partial charge is 0.336 e. The van der Waals surface area contributed by atoms with Gasteiger partial charge in [0.2, 0.25) is 0 Å². The number of nitrogens with one attached hydrogen (secondary N) is 3. The topological polar surface area (TPSA) is 70.2 Å². The van der Waals surface area contributed by atoms with E-state index in [1.54, 1.807) is 24.3 Å². The molecule has 5 nitrogen and oxygen atoms in total. The molecular weight excluding hydrogens is 338 g/mol. The molecule has 2 rings (SSSR count). The first-order valence-electron chi connectivity index (χ1n) is 8.06. The van der Waals surface area contributed by atoms with Crippen LogP contribution in [-0.4, -0.2) is 18.0 Å². The van der Waals surface area contributed by atoms with E-state index in [0.29, 0.717) is 22.8 Å². The third-order valence-corrected chi connectivity index (χ3v) is 3.77. The Hall–Kier alpha value is -2.53. The highest BCUT2D eigenvalue weighted by atomic mass is 35.5. The lowest BCUT2D eigenvalue weighted by molar-refractivity contribution is 0.102. The molecule has 0 aliphatic heterocycles. The predicted molar refractivity (Wildman–Crippen MR) is 101 cm³/mol. The fourth-order valence-corrected chi connectivity index (χ4v) is 2.37. The Morgan fingerprint density at radius 2 is 1.76 bits per heavy atom. The highest BCUT2D eigenvalue weighted by molar-refractivity contribution is 6.31. The summed E-state index contributed by atoms with van der Waals surface area (Å²) in [6, 6.07) is 12.3. The highest BCUT2D eigenvalue weighted by Gasteiger charge is 2.09. The molecule has 0 saturated carbocycles. The average molecular weight is 360 g/mol. The number of carbonyl (C=O) groups is 2. The molecular formula is C19H22ClN3O2. The van der Waals surface area contributed by atoms with Gasteiger partial charge in [-0.25, -0.2) is 4.79 Å². The van der Waals surface area contributed by atoms with E-state index in [4.69, 9.17) is 11.6 Å². The van der Waals surface area contributed by atoms with E-state index >= 15 is 0 Å². The van der Waals surface area contributed by atoms with Crippen molar-refractivity contribution in [1.29, 1.82) is 0 Å². The summed E-state index contributed by atoms with van der Waals surface area (Å²) in [6.07, 6.45) is 0. The molecule has 0 bridgehead atoms. The summed E-state index contributed by atoms with van der Waals surface area (Å²) in [5.41, 5.74) is 3.08.